The Morgan fingerprint density at radius 1 is 1.14 bits per heavy atom. The summed E-state index contributed by atoms with van der Waals surface area (Å²) in [6.45, 7) is 9.22. The zero-order valence-electron chi connectivity index (χ0n) is 20.8. The fraction of sp³-hybridized carbons (Fsp3) is 0.423. The van der Waals surface area contributed by atoms with Crippen LogP contribution in [0.25, 0.3) is 11.3 Å². The number of nitrogens with zero attached hydrogens (tertiary/aromatic N) is 3. The van der Waals surface area contributed by atoms with Gasteiger partial charge in [-0.1, -0.05) is 18.2 Å². The lowest BCUT2D eigenvalue weighted by molar-refractivity contribution is 0.00578. The van der Waals surface area contributed by atoms with E-state index in [2.05, 4.69) is 16.0 Å². The molecule has 0 bridgehead atoms. The maximum atomic E-state index is 12.8. The number of benzene rings is 1. The van der Waals surface area contributed by atoms with Crippen LogP contribution in [0.15, 0.2) is 47.4 Å². The Balaban J connectivity index is 1.22. The minimum absolute atomic E-state index is 0.192. The lowest BCUT2D eigenvalue weighted by atomic mass is 9.77. The van der Waals surface area contributed by atoms with Crippen LogP contribution in [0, 0.1) is 0 Å². The van der Waals surface area contributed by atoms with Crippen LogP contribution in [0.3, 0.4) is 0 Å². The molecule has 36 heavy (non-hydrogen) atoms. The SMILES string of the molecule is CC1(C)OB(c2ccc3c(c2)CCn2c-3cc(OC[C@@H]3COc4ncccc4O3)nc2=O)OC1(C)C. The van der Waals surface area contributed by atoms with E-state index in [0.717, 1.165) is 28.7 Å². The van der Waals surface area contributed by atoms with Gasteiger partial charge in [0.15, 0.2) is 11.9 Å². The molecule has 0 amide bonds. The van der Waals surface area contributed by atoms with Crippen LogP contribution in [0.1, 0.15) is 33.3 Å². The highest BCUT2D eigenvalue weighted by Gasteiger charge is 2.51. The number of pyridine rings is 1. The topological polar surface area (TPSA) is 93.9 Å². The monoisotopic (exact) mass is 489 g/mol. The first-order valence-corrected chi connectivity index (χ1v) is 12.2. The van der Waals surface area contributed by atoms with Crippen LogP contribution >= 0.6 is 0 Å². The Morgan fingerprint density at radius 2 is 1.94 bits per heavy atom. The number of rotatable bonds is 4. The van der Waals surface area contributed by atoms with E-state index in [0.29, 0.717) is 24.8 Å². The fourth-order valence-electron chi connectivity index (χ4n) is 4.65. The molecule has 0 unspecified atom stereocenters. The summed E-state index contributed by atoms with van der Waals surface area (Å²) >= 11 is 0. The predicted octanol–water partition coefficient (Wildman–Crippen LogP) is 2.38. The molecule has 3 aliphatic heterocycles. The van der Waals surface area contributed by atoms with Gasteiger partial charge in [0.25, 0.3) is 5.88 Å². The van der Waals surface area contributed by atoms with Gasteiger partial charge in [0.1, 0.15) is 13.2 Å². The second kappa shape index (κ2) is 8.35. The van der Waals surface area contributed by atoms with Gasteiger partial charge >= 0.3 is 12.8 Å². The molecule has 5 heterocycles. The van der Waals surface area contributed by atoms with Crippen LogP contribution in [0.5, 0.6) is 17.5 Å². The van der Waals surface area contributed by atoms with Crippen LogP contribution in [0.4, 0.5) is 0 Å². The lowest BCUT2D eigenvalue weighted by Gasteiger charge is -2.32. The smallest absolute Gasteiger partial charge is 0.478 e. The molecule has 2 aromatic heterocycles. The quantitative estimate of drug-likeness (QED) is 0.516. The molecule has 0 saturated carbocycles. The molecule has 3 aliphatic rings. The zero-order valence-corrected chi connectivity index (χ0v) is 20.8. The van der Waals surface area contributed by atoms with Gasteiger partial charge in [-0.05, 0) is 57.3 Å². The fourth-order valence-corrected chi connectivity index (χ4v) is 4.65. The molecule has 1 aromatic carbocycles. The van der Waals surface area contributed by atoms with Gasteiger partial charge in [-0.3, -0.25) is 4.57 Å². The van der Waals surface area contributed by atoms with Gasteiger partial charge in [0.05, 0.1) is 16.9 Å². The van der Waals surface area contributed by atoms with Gasteiger partial charge in [-0.2, -0.15) is 4.98 Å². The molecule has 1 fully saturated rings. The van der Waals surface area contributed by atoms with Crippen molar-refractivity contribution in [2.45, 2.75) is 58.0 Å². The molecule has 1 saturated heterocycles. The summed E-state index contributed by atoms with van der Waals surface area (Å²) in [5, 5.41) is 0. The molecule has 1 atom stereocenters. The highest BCUT2D eigenvalue weighted by atomic mass is 16.7. The standard InChI is InChI=1S/C26H28BN3O6/c1-25(2)26(3,4)36-27(35-25)17-7-8-19-16(12-17)9-11-30-20(19)13-22(29-24(30)31)32-14-18-15-33-23-21(34-18)6-5-10-28-23/h5-8,10,12-13,18H,9,11,14-15H2,1-4H3/t18-/m1/s1. The largest absolute Gasteiger partial charge is 0.494 e. The Kier molecular flexibility index (Phi) is 5.35. The normalized spacial score (nSPS) is 21.0. The maximum Gasteiger partial charge on any atom is 0.494 e. The number of hydrogen-bond acceptors (Lipinski definition) is 8. The third kappa shape index (κ3) is 3.94. The molecular weight excluding hydrogens is 461 g/mol. The average Bonchev–Trinajstić information content (AvgIpc) is 3.08. The summed E-state index contributed by atoms with van der Waals surface area (Å²) in [5.74, 6) is 1.30. The van der Waals surface area contributed by atoms with Crippen LogP contribution in [0.2, 0.25) is 0 Å². The molecule has 3 aromatic rings. The van der Waals surface area contributed by atoms with Crippen molar-refractivity contribution in [1.29, 1.82) is 0 Å². The van der Waals surface area contributed by atoms with E-state index in [4.69, 9.17) is 23.5 Å². The number of hydrogen-bond donors (Lipinski definition) is 0. The first-order valence-electron chi connectivity index (χ1n) is 12.2. The van der Waals surface area contributed by atoms with E-state index in [-0.39, 0.29) is 24.3 Å². The van der Waals surface area contributed by atoms with Crippen LogP contribution < -0.4 is 25.4 Å². The van der Waals surface area contributed by atoms with Gasteiger partial charge in [0.2, 0.25) is 5.88 Å². The third-order valence-corrected chi connectivity index (χ3v) is 7.38. The van der Waals surface area contributed by atoms with Crippen molar-refractivity contribution in [1.82, 2.24) is 14.5 Å². The van der Waals surface area contributed by atoms with Crippen molar-refractivity contribution in [2.75, 3.05) is 13.2 Å². The van der Waals surface area contributed by atoms with Gasteiger partial charge in [-0.25, -0.2) is 9.78 Å². The summed E-state index contributed by atoms with van der Waals surface area (Å²) in [7, 11) is -0.432. The van der Waals surface area contributed by atoms with Gasteiger partial charge in [0, 0.05) is 24.4 Å². The zero-order chi connectivity index (χ0) is 25.1. The second-order valence-electron chi connectivity index (χ2n) is 10.3. The molecule has 0 radical (unpaired) electrons. The Labute approximate surface area is 209 Å². The number of ether oxygens (including phenoxy) is 3. The predicted molar refractivity (Wildman–Crippen MR) is 133 cm³/mol. The van der Waals surface area contributed by atoms with E-state index in [1.54, 1.807) is 22.9 Å². The summed E-state index contributed by atoms with van der Waals surface area (Å²) in [6, 6.07) is 11.5. The minimum atomic E-state index is -0.432. The molecule has 186 valence electrons. The maximum absolute atomic E-state index is 12.8. The first-order chi connectivity index (χ1) is 17.2. The second-order valence-corrected chi connectivity index (χ2v) is 10.3. The average molecular weight is 489 g/mol. The van der Waals surface area contributed by atoms with E-state index >= 15 is 0 Å². The number of aromatic nitrogens is 3. The molecule has 0 spiro atoms. The lowest BCUT2D eigenvalue weighted by Crippen LogP contribution is -2.41. The van der Waals surface area contributed by atoms with E-state index in [1.165, 1.54) is 0 Å². The van der Waals surface area contributed by atoms with Crippen LogP contribution in [-0.4, -0.2) is 52.2 Å². The Morgan fingerprint density at radius 3 is 2.75 bits per heavy atom. The third-order valence-electron chi connectivity index (χ3n) is 7.38. The molecule has 0 N–H and O–H groups in total. The van der Waals surface area contributed by atoms with Crippen molar-refractivity contribution in [3.05, 3.63) is 58.6 Å². The summed E-state index contributed by atoms with van der Waals surface area (Å²) < 4.78 is 31.6. The summed E-state index contributed by atoms with van der Waals surface area (Å²) in [4.78, 5) is 21.1. The number of fused-ring (bicyclic) bond motifs is 4. The van der Waals surface area contributed by atoms with E-state index < -0.39 is 18.3 Å². The van der Waals surface area contributed by atoms with Crippen molar-refractivity contribution in [2.24, 2.45) is 0 Å². The highest BCUT2D eigenvalue weighted by molar-refractivity contribution is 6.62. The van der Waals surface area contributed by atoms with Crippen molar-refractivity contribution >= 4 is 12.6 Å². The first kappa shape index (κ1) is 23.1. The van der Waals surface area contributed by atoms with Crippen LogP contribution in [-0.2, 0) is 22.3 Å². The van der Waals surface area contributed by atoms with E-state index in [1.807, 2.05) is 45.9 Å². The van der Waals surface area contributed by atoms with E-state index in [9.17, 15) is 4.79 Å². The molecule has 9 nitrogen and oxygen atoms in total. The molecular formula is C26H28BN3O6. The highest BCUT2D eigenvalue weighted by Crippen LogP contribution is 2.37. The Bertz CT molecular complexity index is 1370. The molecule has 0 aliphatic carbocycles. The van der Waals surface area contributed by atoms with Gasteiger partial charge < -0.3 is 23.5 Å². The summed E-state index contributed by atoms with van der Waals surface area (Å²) in [5.41, 5.74) is 2.71. The van der Waals surface area contributed by atoms with Crippen molar-refractivity contribution in [3.8, 4) is 28.8 Å². The number of aryl methyl sites for hydroxylation is 1. The summed E-state index contributed by atoms with van der Waals surface area (Å²) in [6.07, 6.45) is 2.04. The molecule has 10 heteroatoms. The minimum Gasteiger partial charge on any atom is -0.478 e. The van der Waals surface area contributed by atoms with Gasteiger partial charge in [-0.15, -0.1) is 0 Å². The Hall–Kier alpha value is -3.37. The van der Waals surface area contributed by atoms with Crippen molar-refractivity contribution in [3.63, 3.8) is 0 Å². The molecule has 6 rings (SSSR count). The van der Waals surface area contributed by atoms with Crippen molar-refractivity contribution < 1.29 is 23.5 Å².